The van der Waals surface area contributed by atoms with Crippen LogP contribution in [0.4, 0.5) is 5.69 Å². The summed E-state index contributed by atoms with van der Waals surface area (Å²) >= 11 is 0. The molecule has 12 heteroatoms. The topological polar surface area (TPSA) is 198 Å². The van der Waals surface area contributed by atoms with Gasteiger partial charge in [0, 0.05) is 12.1 Å². The first-order valence-electron chi connectivity index (χ1n) is 5.37. The Bertz CT molecular complexity index is 542. The molecule has 1 rings (SSSR count). The van der Waals surface area contributed by atoms with Crippen molar-refractivity contribution in [1.29, 1.82) is 5.53 Å². The Balaban J connectivity index is 0. The van der Waals surface area contributed by atoms with E-state index >= 15 is 0 Å². The quantitative estimate of drug-likeness (QED) is 0.273. The zero-order valence-corrected chi connectivity index (χ0v) is 11.4. The van der Waals surface area contributed by atoms with Crippen LogP contribution in [0.5, 0.6) is 0 Å². The van der Waals surface area contributed by atoms with Crippen LogP contribution in [-0.4, -0.2) is 28.2 Å². The average Bonchev–Trinajstić information content (AvgIpc) is 2.47. The second-order valence-electron chi connectivity index (χ2n) is 2.97. The number of amides is 1. The number of carbonyl (C=O) groups excluding carboxylic acids is 1. The minimum atomic E-state index is -1.50. The smallest absolute Gasteiger partial charge is 0.291 e. The van der Waals surface area contributed by atoms with E-state index in [2.05, 4.69) is 11.0 Å². The lowest BCUT2D eigenvalue weighted by molar-refractivity contribution is -0.742. The first-order chi connectivity index (χ1) is 10.4. The normalized spacial score (nSPS) is 8.64. The monoisotopic (exact) mass is 314 g/mol. The summed E-state index contributed by atoms with van der Waals surface area (Å²) in [6.07, 6.45) is 2.36. The van der Waals surface area contributed by atoms with Gasteiger partial charge in [0.1, 0.15) is 0 Å². The van der Waals surface area contributed by atoms with E-state index < -0.39 is 15.9 Å². The molecule has 0 saturated heterocycles. The fraction of sp³-hybridized carbons (Fsp3) is 0.100. The van der Waals surface area contributed by atoms with Gasteiger partial charge in [-0.25, -0.2) is 5.43 Å². The van der Waals surface area contributed by atoms with Crippen molar-refractivity contribution in [3.05, 3.63) is 56.1 Å². The highest BCUT2D eigenvalue weighted by Crippen LogP contribution is 2.18. The molecule has 0 fully saturated rings. The third-order valence-electron chi connectivity index (χ3n) is 1.71. The van der Waals surface area contributed by atoms with E-state index in [-0.39, 0.29) is 5.69 Å². The number of nitrogens with one attached hydrogen (secondary N) is 2. The lowest BCUT2D eigenvalue weighted by Gasteiger charge is -1.95. The highest BCUT2D eigenvalue weighted by Gasteiger charge is 2.09. The van der Waals surface area contributed by atoms with Crippen LogP contribution in [0.15, 0.2) is 35.6 Å². The average molecular weight is 314 g/mol. The molecule has 0 aliphatic carbocycles. The number of nitro groups is 1. The third kappa shape index (κ3) is 10.5. The maximum Gasteiger partial charge on any atom is 0.291 e. The van der Waals surface area contributed by atoms with Crippen molar-refractivity contribution in [3.8, 4) is 0 Å². The predicted molar refractivity (Wildman–Crippen MR) is 74.3 cm³/mol. The molecular formula is C10H14N6O6. The third-order valence-corrected chi connectivity index (χ3v) is 1.71. The SMILES string of the molecule is CN.N=NNC(=O)/C=C/c1ccccc1[N+](=O)[O-].O=[N+]([O-])O. The van der Waals surface area contributed by atoms with Gasteiger partial charge in [0.2, 0.25) is 0 Å². The van der Waals surface area contributed by atoms with Gasteiger partial charge in [0.15, 0.2) is 0 Å². The van der Waals surface area contributed by atoms with Crippen molar-refractivity contribution in [2.24, 2.45) is 11.0 Å². The first kappa shape index (κ1) is 20.9. The van der Waals surface area contributed by atoms with Crippen molar-refractivity contribution < 1.29 is 20.0 Å². The number of carbonyl (C=O) groups is 1. The van der Waals surface area contributed by atoms with Crippen LogP contribution in [0.3, 0.4) is 0 Å². The van der Waals surface area contributed by atoms with E-state index in [1.54, 1.807) is 6.07 Å². The lowest BCUT2D eigenvalue weighted by atomic mass is 10.1. The lowest BCUT2D eigenvalue weighted by Crippen LogP contribution is -2.12. The van der Waals surface area contributed by atoms with Gasteiger partial charge in [-0.2, -0.15) is 5.53 Å². The van der Waals surface area contributed by atoms with E-state index in [9.17, 15) is 14.9 Å². The van der Waals surface area contributed by atoms with Gasteiger partial charge in [-0.1, -0.05) is 17.4 Å². The molecule has 1 amide bonds. The molecule has 120 valence electrons. The predicted octanol–water partition coefficient (Wildman–Crippen LogP) is 0.897. The maximum atomic E-state index is 10.9. The molecule has 0 atom stereocenters. The Labute approximate surface area is 124 Å². The molecule has 12 nitrogen and oxygen atoms in total. The van der Waals surface area contributed by atoms with E-state index in [4.69, 9.17) is 20.9 Å². The summed E-state index contributed by atoms with van der Waals surface area (Å²) in [7, 11) is 1.50. The molecule has 22 heavy (non-hydrogen) atoms. The fourth-order valence-electron chi connectivity index (χ4n) is 1.05. The number of nitro benzene ring substituents is 1. The Hall–Kier alpha value is -3.41. The Morgan fingerprint density at radius 3 is 2.32 bits per heavy atom. The molecule has 0 radical (unpaired) electrons. The van der Waals surface area contributed by atoms with Gasteiger partial charge in [-0.15, -0.1) is 10.1 Å². The maximum absolute atomic E-state index is 10.9. The fourth-order valence-corrected chi connectivity index (χ4v) is 1.05. The van der Waals surface area contributed by atoms with E-state index in [0.29, 0.717) is 5.56 Å². The van der Waals surface area contributed by atoms with Gasteiger partial charge in [0.25, 0.3) is 16.7 Å². The molecule has 1 aromatic carbocycles. The van der Waals surface area contributed by atoms with Gasteiger partial charge in [-0.05, 0) is 19.2 Å². The Kier molecular flexibility index (Phi) is 12.0. The molecule has 0 unspecified atom stereocenters. The summed E-state index contributed by atoms with van der Waals surface area (Å²) in [6, 6.07) is 6.01. The van der Waals surface area contributed by atoms with Crippen molar-refractivity contribution in [3.63, 3.8) is 0 Å². The second kappa shape index (κ2) is 12.6. The molecule has 0 bridgehead atoms. The molecule has 0 spiro atoms. The summed E-state index contributed by atoms with van der Waals surface area (Å²) in [4.78, 5) is 29.4. The zero-order valence-electron chi connectivity index (χ0n) is 11.4. The summed E-state index contributed by atoms with van der Waals surface area (Å²) in [6.45, 7) is 0. The first-order valence-corrected chi connectivity index (χ1v) is 5.37. The number of nitrogens with two attached hydrogens (primary N) is 1. The highest BCUT2D eigenvalue weighted by molar-refractivity contribution is 5.91. The molecule has 0 heterocycles. The number of hydrogen-bond donors (Lipinski definition) is 4. The summed E-state index contributed by atoms with van der Waals surface area (Å²) < 4.78 is 0. The summed E-state index contributed by atoms with van der Waals surface area (Å²) in [5.74, 6) is -0.617. The van der Waals surface area contributed by atoms with Gasteiger partial charge >= 0.3 is 0 Å². The molecule has 0 aliphatic rings. The molecule has 1 aromatic rings. The Morgan fingerprint density at radius 1 is 1.36 bits per heavy atom. The molecular weight excluding hydrogens is 300 g/mol. The van der Waals surface area contributed by atoms with Crippen LogP contribution in [-0.2, 0) is 4.79 Å². The van der Waals surface area contributed by atoms with Crippen LogP contribution in [0.2, 0.25) is 0 Å². The number of nitrogens with zero attached hydrogens (tertiary/aromatic N) is 3. The minimum Gasteiger partial charge on any atom is -0.333 e. The van der Waals surface area contributed by atoms with Crippen molar-refractivity contribution >= 4 is 17.7 Å². The summed E-state index contributed by atoms with van der Waals surface area (Å²) in [5, 5.41) is 26.9. The number of rotatable bonds is 4. The standard InChI is InChI=1S/C9H8N4O3.CH5N.HNO3/c10-12-11-9(14)6-5-7-3-1-2-4-8(7)13(15)16;1-2;2-1(3)4/h1-6H,(H2,10,11,14);2H2,1H3;(H,2,3,4)/b6-5+;;. The Morgan fingerprint density at radius 2 is 1.86 bits per heavy atom. The van der Waals surface area contributed by atoms with Crippen LogP contribution >= 0.6 is 0 Å². The van der Waals surface area contributed by atoms with Crippen molar-refractivity contribution in [2.75, 3.05) is 7.05 Å². The molecule has 0 saturated carbocycles. The molecule has 0 aromatic heterocycles. The molecule has 5 N–H and O–H groups in total. The zero-order chi connectivity index (χ0) is 17.5. The van der Waals surface area contributed by atoms with E-state index in [1.807, 2.05) is 5.43 Å². The van der Waals surface area contributed by atoms with Crippen LogP contribution < -0.4 is 11.2 Å². The number of hydrogen-bond acceptors (Lipinski definition) is 8. The van der Waals surface area contributed by atoms with Crippen LogP contribution in [0.1, 0.15) is 5.56 Å². The van der Waals surface area contributed by atoms with Gasteiger partial charge < -0.3 is 10.9 Å². The molecule has 0 aliphatic heterocycles. The van der Waals surface area contributed by atoms with Crippen molar-refractivity contribution in [2.45, 2.75) is 0 Å². The summed E-state index contributed by atoms with van der Waals surface area (Å²) in [5.41, 5.74) is 13.0. The van der Waals surface area contributed by atoms with Gasteiger partial charge in [0.05, 0.1) is 10.5 Å². The van der Waals surface area contributed by atoms with Crippen LogP contribution in [0, 0.1) is 25.8 Å². The highest BCUT2D eigenvalue weighted by atomic mass is 16.9. The van der Waals surface area contributed by atoms with Crippen LogP contribution in [0.25, 0.3) is 6.08 Å². The largest absolute Gasteiger partial charge is 0.333 e. The van der Waals surface area contributed by atoms with Crippen molar-refractivity contribution in [1.82, 2.24) is 5.43 Å². The van der Waals surface area contributed by atoms with E-state index in [0.717, 1.165) is 6.08 Å². The minimum absolute atomic E-state index is 0.0886. The number of benzene rings is 1. The number of para-hydroxylation sites is 1. The van der Waals surface area contributed by atoms with E-state index in [1.165, 1.54) is 31.3 Å². The second-order valence-corrected chi connectivity index (χ2v) is 2.97. The van der Waals surface area contributed by atoms with Gasteiger partial charge in [-0.3, -0.25) is 14.9 Å².